The number of halogens is 4. The van der Waals surface area contributed by atoms with Crippen LogP contribution >= 0.6 is 15.9 Å². The van der Waals surface area contributed by atoms with Gasteiger partial charge in [-0.3, -0.25) is 9.59 Å². The van der Waals surface area contributed by atoms with Crippen molar-refractivity contribution in [3.8, 4) is 0 Å². The van der Waals surface area contributed by atoms with E-state index >= 15 is 0 Å². The van der Waals surface area contributed by atoms with Gasteiger partial charge in [-0.05, 0) is 23.8 Å². The van der Waals surface area contributed by atoms with Gasteiger partial charge in [-0.2, -0.15) is 13.2 Å². The number of hydrogen-bond donors (Lipinski definition) is 1. The van der Waals surface area contributed by atoms with E-state index in [1.807, 2.05) is 30.3 Å². The molecule has 4 nitrogen and oxygen atoms in total. The Morgan fingerprint density at radius 2 is 1.78 bits per heavy atom. The van der Waals surface area contributed by atoms with Gasteiger partial charge in [0.25, 0.3) is 5.78 Å². The highest BCUT2D eigenvalue weighted by Gasteiger charge is 2.40. The number of ketones is 1. The monoisotopic (exact) mass is 438 g/mol. The quantitative estimate of drug-likeness (QED) is 0.597. The molecule has 0 atom stereocenters. The topological polar surface area (TPSA) is 51.1 Å². The molecule has 140 valence electrons. The van der Waals surface area contributed by atoms with Crippen molar-refractivity contribution in [2.75, 3.05) is 0 Å². The maximum absolute atomic E-state index is 12.9. The smallest absolute Gasteiger partial charge is 0.350 e. The molecular weight excluding hydrogens is 425 g/mol. The second kappa shape index (κ2) is 7.56. The Morgan fingerprint density at radius 1 is 1.07 bits per heavy atom. The van der Waals surface area contributed by atoms with Crippen molar-refractivity contribution in [3.63, 3.8) is 0 Å². The predicted octanol–water partition coefficient (Wildman–Crippen LogP) is 4.47. The van der Waals surface area contributed by atoms with E-state index in [0.717, 1.165) is 11.8 Å². The lowest BCUT2D eigenvalue weighted by molar-refractivity contribution is -0.121. The number of carbonyl (C=O) groups is 2. The number of rotatable bonds is 5. The number of Topliss-reactive ketones (excluding diaryl/α,β-unsaturated/α-hetero) is 1. The standard InChI is InChI=1S/C19H14BrF3N2O2/c20-13-6-7-16-14(8-13)15(18(27)19(21,22)23)10-25(16)11-17(26)24-9-12-4-2-1-3-5-12/h1-8,10H,9,11H2,(H,24,26). The Balaban J connectivity index is 1.86. The molecule has 2 aromatic carbocycles. The summed E-state index contributed by atoms with van der Waals surface area (Å²) >= 11 is 3.20. The molecule has 3 aromatic rings. The molecule has 0 unspecified atom stereocenters. The fourth-order valence-electron chi connectivity index (χ4n) is 2.74. The van der Waals surface area contributed by atoms with E-state index in [1.54, 1.807) is 12.1 Å². The van der Waals surface area contributed by atoms with E-state index in [2.05, 4.69) is 21.2 Å². The predicted molar refractivity (Wildman–Crippen MR) is 98.3 cm³/mol. The van der Waals surface area contributed by atoms with Crippen LogP contribution in [-0.2, 0) is 17.9 Å². The van der Waals surface area contributed by atoms with E-state index in [-0.39, 0.29) is 17.8 Å². The SMILES string of the molecule is O=C(Cn1cc(C(=O)C(F)(F)F)c2cc(Br)ccc21)NCc1ccccc1. The van der Waals surface area contributed by atoms with Gasteiger partial charge in [0.1, 0.15) is 6.54 Å². The molecule has 1 amide bonds. The van der Waals surface area contributed by atoms with Gasteiger partial charge in [-0.1, -0.05) is 46.3 Å². The highest BCUT2D eigenvalue weighted by atomic mass is 79.9. The number of alkyl halides is 3. The summed E-state index contributed by atoms with van der Waals surface area (Å²) in [6.45, 7) is 0.106. The number of carbonyl (C=O) groups excluding carboxylic acids is 2. The molecule has 1 heterocycles. The zero-order valence-corrected chi connectivity index (χ0v) is 15.5. The summed E-state index contributed by atoms with van der Waals surface area (Å²) in [5, 5.41) is 2.86. The molecule has 0 fully saturated rings. The van der Waals surface area contributed by atoms with Crippen molar-refractivity contribution in [2.45, 2.75) is 19.3 Å². The molecule has 1 N–H and O–H groups in total. The van der Waals surface area contributed by atoms with Gasteiger partial charge in [0.15, 0.2) is 0 Å². The lowest BCUT2D eigenvalue weighted by atomic mass is 10.1. The largest absolute Gasteiger partial charge is 0.454 e. The zero-order valence-electron chi connectivity index (χ0n) is 13.9. The Kier molecular flexibility index (Phi) is 5.36. The number of benzene rings is 2. The molecule has 0 saturated carbocycles. The number of nitrogens with one attached hydrogen (secondary N) is 1. The third kappa shape index (κ3) is 4.39. The number of aromatic nitrogens is 1. The van der Waals surface area contributed by atoms with Crippen LogP contribution in [0.4, 0.5) is 13.2 Å². The maximum Gasteiger partial charge on any atom is 0.454 e. The van der Waals surface area contributed by atoms with Gasteiger partial charge in [0.05, 0.1) is 5.56 Å². The summed E-state index contributed by atoms with van der Waals surface area (Å²) < 4.78 is 40.6. The average molecular weight is 439 g/mol. The highest BCUT2D eigenvalue weighted by molar-refractivity contribution is 9.10. The Hall–Kier alpha value is -2.61. The number of amides is 1. The van der Waals surface area contributed by atoms with Crippen LogP contribution in [0.1, 0.15) is 15.9 Å². The van der Waals surface area contributed by atoms with Crippen LogP contribution in [-0.4, -0.2) is 22.4 Å². The summed E-state index contributed by atoms with van der Waals surface area (Å²) in [5.74, 6) is -2.31. The molecule has 0 aliphatic rings. The minimum Gasteiger partial charge on any atom is -0.350 e. The summed E-state index contributed by atoms with van der Waals surface area (Å²) in [6.07, 6.45) is -3.91. The lowest BCUT2D eigenvalue weighted by Gasteiger charge is -2.07. The first-order valence-corrected chi connectivity index (χ1v) is 8.75. The average Bonchev–Trinajstić information content (AvgIpc) is 2.96. The molecule has 27 heavy (non-hydrogen) atoms. The van der Waals surface area contributed by atoms with Crippen LogP contribution in [0.2, 0.25) is 0 Å². The first kappa shape index (κ1) is 19.2. The van der Waals surface area contributed by atoms with Crippen LogP contribution in [0.3, 0.4) is 0 Å². The van der Waals surface area contributed by atoms with E-state index in [4.69, 9.17) is 0 Å². The minimum atomic E-state index is -4.99. The molecule has 0 aliphatic heterocycles. The van der Waals surface area contributed by atoms with Crippen molar-refractivity contribution < 1.29 is 22.8 Å². The summed E-state index contributed by atoms with van der Waals surface area (Å²) in [6, 6.07) is 13.9. The van der Waals surface area contributed by atoms with Gasteiger partial charge in [0, 0.05) is 28.1 Å². The molecule has 0 saturated heterocycles. The second-order valence-electron chi connectivity index (χ2n) is 5.92. The summed E-state index contributed by atoms with van der Waals surface area (Å²) in [4.78, 5) is 24.0. The van der Waals surface area contributed by atoms with Crippen LogP contribution < -0.4 is 5.32 Å². The van der Waals surface area contributed by atoms with Gasteiger partial charge >= 0.3 is 6.18 Å². The van der Waals surface area contributed by atoms with E-state index in [0.29, 0.717) is 16.5 Å². The molecule has 0 aliphatic carbocycles. The second-order valence-corrected chi connectivity index (χ2v) is 6.84. The van der Waals surface area contributed by atoms with Crippen molar-refractivity contribution in [1.82, 2.24) is 9.88 Å². The number of hydrogen-bond acceptors (Lipinski definition) is 2. The van der Waals surface area contributed by atoms with Gasteiger partial charge in [-0.25, -0.2) is 0 Å². The molecular formula is C19H14BrF3N2O2. The molecule has 8 heteroatoms. The van der Waals surface area contributed by atoms with Crippen molar-refractivity contribution >= 4 is 38.5 Å². The van der Waals surface area contributed by atoms with Crippen LogP contribution in [0.25, 0.3) is 10.9 Å². The molecule has 0 bridgehead atoms. The third-order valence-corrected chi connectivity index (χ3v) is 4.48. The van der Waals surface area contributed by atoms with Crippen LogP contribution in [0, 0.1) is 0 Å². The van der Waals surface area contributed by atoms with E-state index in [9.17, 15) is 22.8 Å². The Morgan fingerprint density at radius 3 is 2.44 bits per heavy atom. The number of nitrogens with zero attached hydrogens (tertiary/aromatic N) is 1. The van der Waals surface area contributed by atoms with Gasteiger partial charge in [0.2, 0.25) is 5.91 Å². The maximum atomic E-state index is 12.9. The first-order valence-electron chi connectivity index (χ1n) is 7.96. The fourth-order valence-corrected chi connectivity index (χ4v) is 3.10. The van der Waals surface area contributed by atoms with E-state index < -0.39 is 17.5 Å². The van der Waals surface area contributed by atoms with Crippen LogP contribution in [0.15, 0.2) is 59.2 Å². The van der Waals surface area contributed by atoms with Gasteiger partial charge < -0.3 is 9.88 Å². The molecule has 0 spiro atoms. The minimum absolute atomic E-state index is 0.141. The van der Waals surface area contributed by atoms with Gasteiger partial charge in [-0.15, -0.1) is 0 Å². The number of fused-ring (bicyclic) bond motifs is 1. The fraction of sp³-hybridized carbons (Fsp3) is 0.158. The molecule has 3 rings (SSSR count). The molecule has 1 aromatic heterocycles. The lowest BCUT2D eigenvalue weighted by Crippen LogP contribution is -2.27. The first-order chi connectivity index (χ1) is 12.8. The van der Waals surface area contributed by atoms with E-state index in [1.165, 1.54) is 10.6 Å². The molecule has 0 radical (unpaired) electrons. The van der Waals surface area contributed by atoms with Crippen molar-refractivity contribution in [1.29, 1.82) is 0 Å². The highest BCUT2D eigenvalue weighted by Crippen LogP contribution is 2.30. The zero-order chi connectivity index (χ0) is 19.6. The summed E-state index contributed by atoms with van der Waals surface area (Å²) in [7, 11) is 0. The Bertz CT molecular complexity index is 997. The normalized spacial score (nSPS) is 11.6. The van der Waals surface area contributed by atoms with Crippen molar-refractivity contribution in [3.05, 3.63) is 70.3 Å². The summed E-state index contributed by atoms with van der Waals surface area (Å²) in [5.41, 5.74) is 0.801. The third-order valence-electron chi connectivity index (χ3n) is 3.99. The van der Waals surface area contributed by atoms with Crippen LogP contribution in [0.5, 0.6) is 0 Å². The van der Waals surface area contributed by atoms with Crippen molar-refractivity contribution in [2.24, 2.45) is 0 Å². The Labute approximate surface area is 161 Å².